The zero-order valence-corrected chi connectivity index (χ0v) is 16.7. The molecule has 144 valence electrons. The lowest BCUT2D eigenvalue weighted by Crippen LogP contribution is -2.47. The highest BCUT2D eigenvalue weighted by Gasteiger charge is 2.35. The van der Waals surface area contributed by atoms with Crippen LogP contribution in [0.4, 0.5) is 5.69 Å². The molecule has 2 saturated heterocycles. The molecule has 0 aromatic heterocycles. The van der Waals surface area contributed by atoms with E-state index in [1.54, 1.807) is 0 Å². The Morgan fingerprint density at radius 2 is 2.12 bits per heavy atom. The maximum Gasteiger partial charge on any atom is 0.173 e. The summed E-state index contributed by atoms with van der Waals surface area (Å²) in [5.41, 5.74) is 0.858. The van der Waals surface area contributed by atoms with Crippen LogP contribution in [0.15, 0.2) is 24.3 Å². The lowest BCUT2D eigenvalue weighted by atomic mass is 10.2. The van der Waals surface area contributed by atoms with E-state index in [9.17, 15) is 8.42 Å². The smallest absolute Gasteiger partial charge is 0.173 e. The first-order valence-electron chi connectivity index (χ1n) is 9.09. The fourth-order valence-electron chi connectivity index (χ4n) is 3.42. The molecule has 3 rings (SSSR count). The number of ether oxygens (including phenoxy) is 2. The number of hydrogen-bond donors (Lipinski definition) is 1. The molecule has 2 heterocycles. The Hall–Kier alpha value is -1.38. The van der Waals surface area contributed by atoms with Crippen LogP contribution >= 0.6 is 12.2 Å². The van der Waals surface area contributed by atoms with Crippen molar-refractivity contribution in [1.29, 1.82) is 0 Å². The van der Waals surface area contributed by atoms with E-state index >= 15 is 0 Å². The van der Waals surface area contributed by atoms with E-state index in [0.717, 1.165) is 30.9 Å². The van der Waals surface area contributed by atoms with E-state index in [1.165, 1.54) is 0 Å². The normalized spacial score (nSPS) is 24.3. The topological polar surface area (TPSA) is 67.9 Å². The average Bonchev–Trinajstić information content (AvgIpc) is 3.23. The van der Waals surface area contributed by atoms with Gasteiger partial charge in [0.05, 0.1) is 24.2 Å². The van der Waals surface area contributed by atoms with E-state index in [4.69, 9.17) is 21.7 Å². The van der Waals surface area contributed by atoms with Crippen molar-refractivity contribution in [2.24, 2.45) is 0 Å². The van der Waals surface area contributed by atoms with Gasteiger partial charge in [-0.25, -0.2) is 8.42 Å². The molecule has 0 bridgehead atoms. The number of rotatable bonds is 6. The molecule has 0 amide bonds. The van der Waals surface area contributed by atoms with Gasteiger partial charge in [-0.05, 0) is 62.7 Å². The highest BCUT2D eigenvalue weighted by Crippen LogP contribution is 2.23. The molecule has 1 N–H and O–H groups in total. The molecule has 2 aliphatic rings. The molecule has 1 aromatic carbocycles. The summed E-state index contributed by atoms with van der Waals surface area (Å²) in [4.78, 5) is 2.01. The Bertz CT molecular complexity index is 715. The summed E-state index contributed by atoms with van der Waals surface area (Å²) in [5, 5.41) is 3.79. The molecule has 2 fully saturated rings. The molecular formula is C18H26N2O4S2. The number of benzene rings is 1. The number of hydrogen-bond acceptors (Lipinski definition) is 5. The number of nitrogens with zero attached hydrogens (tertiary/aromatic N) is 1. The van der Waals surface area contributed by atoms with Gasteiger partial charge in [-0.1, -0.05) is 0 Å². The van der Waals surface area contributed by atoms with Crippen molar-refractivity contribution in [1.82, 2.24) is 4.90 Å². The fourth-order valence-corrected chi connectivity index (χ4v) is 5.50. The fraction of sp³-hybridized carbons (Fsp3) is 0.611. The van der Waals surface area contributed by atoms with Crippen LogP contribution in [0.1, 0.15) is 26.2 Å². The van der Waals surface area contributed by atoms with E-state index in [2.05, 4.69) is 5.32 Å². The molecule has 0 saturated carbocycles. The van der Waals surface area contributed by atoms with Crippen molar-refractivity contribution in [2.75, 3.05) is 36.6 Å². The predicted molar refractivity (Wildman–Crippen MR) is 107 cm³/mol. The van der Waals surface area contributed by atoms with Crippen molar-refractivity contribution < 1.29 is 17.9 Å². The molecule has 0 spiro atoms. The highest BCUT2D eigenvalue weighted by atomic mass is 32.2. The zero-order chi connectivity index (χ0) is 18.6. The van der Waals surface area contributed by atoms with E-state index in [-0.39, 0.29) is 23.7 Å². The molecular weight excluding hydrogens is 372 g/mol. The molecule has 0 aliphatic carbocycles. The molecule has 0 unspecified atom stereocenters. The van der Waals surface area contributed by atoms with Gasteiger partial charge >= 0.3 is 0 Å². The molecule has 8 heteroatoms. The second kappa shape index (κ2) is 8.54. The van der Waals surface area contributed by atoms with Crippen LogP contribution < -0.4 is 10.1 Å². The number of sulfone groups is 1. The molecule has 0 radical (unpaired) electrons. The first-order chi connectivity index (χ1) is 12.5. The zero-order valence-electron chi connectivity index (χ0n) is 15.0. The Morgan fingerprint density at radius 1 is 1.35 bits per heavy atom. The van der Waals surface area contributed by atoms with Crippen LogP contribution in [0.5, 0.6) is 5.75 Å². The van der Waals surface area contributed by atoms with Gasteiger partial charge in [-0.3, -0.25) is 0 Å². The minimum atomic E-state index is -2.98. The molecule has 26 heavy (non-hydrogen) atoms. The number of anilines is 1. The van der Waals surface area contributed by atoms with Crippen molar-refractivity contribution in [3.05, 3.63) is 24.3 Å². The Morgan fingerprint density at radius 3 is 2.69 bits per heavy atom. The summed E-state index contributed by atoms with van der Waals surface area (Å²) >= 11 is 5.62. The minimum Gasteiger partial charge on any atom is -0.494 e. The number of thiocarbonyl (C=S) groups is 1. The summed E-state index contributed by atoms with van der Waals surface area (Å²) in [7, 11) is -2.98. The van der Waals surface area contributed by atoms with Gasteiger partial charge in [0.25, 0.3) is 0 Å². The third-order valence-corrected chi connectivity index (χ3v) is 6.84. The van der Waals surface area contributed by atoms with E-state index < -0.39 is 9.84 Å². The van der Waals surface area contributed by atoms with Crippen molar-refractivity contribution >= 4 is 32.9 Å². The number of nitrogens with one attached hydrogen (secondary N) is 1. The van der Waals surface area contributed by atoms with Gasteiger partial charge in [0.15, 0.2) is 14.9 Å². The highest BCUT2D eigenvalue weighted by molar-refractivity contribution is 7.91. The maximum absolute atomic E-state index is 11.9. The average molecular weight is 399 g/mol. The van der Waals surface area contributed by atoms with E-state index in [1.807, 2.05) is 36.1 Å². The second-order valence-corrected chi connectivity index (χ2v) is 9.35. The van der Waals surface area contributed by atoms with Crippen LogP contribution in [0.2, 0.25) is 0 Å². The van der Waals surface area contributed by atoms with Gasteiger partial charge in [-0.15, -0.1) is 0 Å². The summed E-state index contributed by atoms with van der Waals surface area (Å²) in [5.74, 6) is 1.19. The standard InChI is InChI=1S/C18H26N2O4S2/c1-2-23-16-7-5-14(6-8-16)19-18(25)20(12-17-4-3-10-24-17)15-9-11-26(21,22)13-15/h5-8,15,17H,2-4,9-13H2,1H3,(H,19,25)/t15-,17+/m1/s1. The predicted octanol–water partition coefficient (Wildman–Crippen LogP) is 2.45. The van der Waals surface area contributed by atoms with Crippen molar-refractivity contribution in [3.8, 4) is 5.75 Å². The largest absolute Gasteiger partial charge is 0.494 e. The minimum absolute atomic E-state index is 0.0908. The van der Waals surface area contributed by atoms with Gasteiger partial charge in [-0.2, -0.15) is 0 Å². The first kappa shape index (κ1) is 19.4. The summed E-state index contributed by atoms with van der Waals surface area (Å²) < 4.78 is 35.0. The van der Waals surface area contributed by atoms with Gasteiger partial charge in [0.2, 0.25) is 0 Å². The summed E-state index contributed by atoms with van der Waals surface area (Å²) in [6.07, 6.45) is 2.75. The van der Waals surface area contributed by atoms with Crippen molar-refractivity contribution in [3.63, 3.8) is 0 Å². The van der Waals surface area contributed by atoms with Crippen molar-refractivity contribution in [2.45, 2.75) is 38.3 Å². The van der Waals surface area contributed by atoms with Gasteiger partial charge < -0.3 is 19.7 Å². The van der Waals surface area contributed by atoms with Gasteiger partial charge in [0.1, 0.15) is 5.75 Å². The first-order valence-corrected chi connectivity index (χ1v) is 11.3. The molecule has 1 aromatic rings. The molecule has 2 aliphatic heterocycles. The monoisotopic (exact) mass is 398 g/mol. The Kier molecular flexibility index (Phi) is 6.37. The lowest BCUT2D eigenvalue weighted by Gasteiger charge is -2.33. The van der Waals surface area contributed by atoms with Gasteiger partial charge in [0, 0.05) is 24.9 Å². The van der Waals surface area contributed by atoms with Crippen LogP contribution in [0, 0.1) is 0 Å². The Balaban J connectivity index is 1.69. The quantitative estimate of drug-likeness (QED) is 0.738. The second-order valence-electron chi connectivity index (χ2n) is 6.73. The SMILES string of the molecule is CCOc1ccc(NC(=S)N(C[C@@H]2CCCO2)[C@@H]2CCS(=O)(=O)C2)cc1. The summed E-state index contributed by atoms with van der Waals surface area (Å²) in [6.45, 7) is 3.96. The van der Waals surface area contributed by atoms with Crippen LogP contribution in [0.3, 0.4) is 0 Å². The van der Waals surface area contributed by atoms with Crippen LogP contribution in [-0.4, -0.2) is 61.8 Å². The third-order valence-electron chi connectivity index (χ3n) is 4.75. The molecule has 6 nitrogen and oxygen atoms in total. The summed E-state index contributed by atoms with van der Waals surface area (Å²) in [6, 6.07) is 7.50. The maximum atomic E-state index is 11.9. The van der Waals surface area contributed by atoms with E-state index in [0.29, 0.717) is 24.7 Å². The lowest BCUT2D eigenvalue weighted by molar-refractivity contribution is 0.0851. The molecule has 2 atom stereocenters. The third kappa shape index (κ3) is 5.08. The van der Waals surface area contributed by atoms with Crippen LogP contribution in [0.25, 0.3) is 0 Å². The van der Waals surface area contributed by atoms with Crippen LogP contribution in [-0.2, 0) is 14.6 Å². The Labute approximate surface area is 160 Å².